The molecular weight excluding hydrogens is 271 g/mol. The lowest BCUT2D eigenvalue weighted by atomic mass is 10.1. The van der Waals surface area contributed by atoms with Gasteiger partial charge >= 0.3 is 0 Å². The molecule has 0 fully saturated rings. The van der Waals surface area contributed by atoms with Crippen molar-refractivity contribution in [2.45, 2.75) is 0 Å². The third-order valence-corrected chi connectivity index (χ3v) is 2.84. The Bertz CT molecular complexity index is 705. The van der Waals surface area contributed by atoms with E-state index in [-0.39, 0.29) is 10.6 Å². The molecule has 2 aromatic heterocycles. The predicted octanol–water partition coefficient (Wildman–Crippen LogP) is 3.39. The summed E-state index contributed by atoms with van der Waals surface area (Å²) in [5.74, 6) is 0.455. The van der Waals surface area contributed by atoms with Crippen molar-refractivity contribution in [2.75, 3.05) is 0 Å². The lowest BCUT2D eigenvalue weighted by molar-refractivity contribution is 1.06. The molecule has 0 aliphatic heterocycles. The second-order valence-corrected chi connectivity index (χ2v) is 4.28. The molecule has 2 heterocycles. The molecule has 0 aliphatic rings. The molecule has 0 unspecified atom stereocenters. The Labute approximate surface area is 113 Å². The molecule has 0 aliphatic carbocycles. The van der Waals surface area contributed by atoms with Crippen molar-refractivity contribution >= 4 is 34.0 Å². The Morgan fingerprint density at radius 3 is 2.44 bits per heavy atom. The lowest BCUT2D eigenvalue weighted by Crippen LogP contribution is -1.94. The number of pyridine rings is 1. The van der Waals surface area contributed by atoms with Crippen molar-refractivity contribution in [3.8, 4) is 11.4 Å². The van der Waals surface area contributed by atoms with Gasteiger partial charge in [0.25, 0.3) is 0 Å². The van der Waals surface area contributed by atoms with E-state index in [0.717, 1.165) is 16.3 Å². The van der Waals surface area contributed by atoms with E-state index >= 15 is 0 Å². The first kappa shape index (κ1) is 11.3. The van der Waals surface area contributed by atoms with E-state index in [1.807, 2.05) is 24.3 Å². The molecule has 1 aromatic carbocycles. The normalized spacial score (nSPS) is 10.8. The molecule has 0 N–H and O–H groups in total. The van der Waals surface area contributed by atoms with Gasteiger partial charge < -0.3 is 0 Å². The monoisotopic (exact) mass is 276 g/mol. The fourth-order valence-electron chi connectivity index (χ4n) is 1.76. The first-order valence-corrected chi connectivity index (χ1v) is 5.90. The smallest absolute Gasteiger partial charge is 0.227 e. The average molecular weight is 277 g/mol. The summed E-state index contributed by atoms with van der Waals surface area (Å²) in [7, 11) is 0. The van der Waals surface area contributed by atoms with E-state index in [9.17, 15) is 0 Å². The van der Waals surface area contributed by atoms with Gasteiger partial charge in [0.05, 0.1) is 0 Å². The summed E-state index contributed by atoms with van der Waals surface area (Å²) in [6, 6.07) is 7.68. The first-order valence-electron chi connectivity index (χ1n) is 5.14. The Morgan fingerprint density at radius 2 is 1.67 bits per heavy atom. The Kier molecular flexibility index (Phi) is 2.81. The number of aromatic nitrogens is 4. The van der Waals surface area contributed by atoms with Crippen LogP contribution in [0.3, 0.4) is 0 Å². The molecule has 0 spiro atoms. The van der Waals surface area contributed by atoms with Crippen LogP contribution in [0.4, 0.5) is 0 Å². The molecule has 0 saturated heterocycles. The van der Waals surface area contributed by atoms with Gasteiger partial charge in [-0.15, -0.1) is 0 Å². The SMILES string of the molecule is Clc1nc(Cl)nc(-c2cccc3cnccc23)n1. The molecule has 18 heavy (non-hydrogen) atoms. The van der Waals surface area contributed by atoms with E-state index in [0.29, 0.717) is 5.82 Å². The van der Waals surface area contributed by atoms with Gasteiger partial charge in [0.2, 0.25) is 10.6 Å². The van der Waals surface area contributed by atoms with Crippen LogP contribution >= 0.6 is 23.2 Å². The van der Waals surface area contributed by atoms with E-state index in [1.165, 1.54) is 0 Å². The lowest BCUT2D eigenvalue weighted by Gasteiger charge is -2.05. The number of hydrogen-bond acceptors (Lipinski definition) is 4. The Morgan fingerprint density at radius 1 is 0.889 bits per heavy atom. The first-order chi connectivity index (χ1) is 8.74. The van der Waals surface area contributed by atoms with Crippen LogP contribution in [-0.4, -0.2) is 19.9 Å². The van der Waals surface area contributed by atoms with Crippen molar-refractivity contribution in [3.05, 3.63) is 47.2 Å². The van der Waals surface area contributed by atoms with Crippen LogP contribution in [0.1, 0.15) is 0 Å². The Balaban J connectivity index is 2.31. The minimum absolute atomic E-state index is 0.0797. The van der Waals surface area contributed by atoms with Crippen LogP contribution < -0.4 is 0 Å². The summed E-state index contributed by atoms with van der Waals surface area (Å²) in [6.45, 7) is 0. The van der Waals surface area contributed by atoms with E-state index < -0.39 is 0 Å². The minimum atomic E-state index is 0.0797. The van der Waals surface area contributed by atoms with Gasteiger partial charge in [0.15, 0.2) is 5.82 Å². The molecule has 0 saturated carbocycles. The van der Waals surface area contributed by atoms with Crippen LogP contribution in [0, 0.1) is 0 Å². The summed E-state index contributed by atoms with van der Waals surface area (Å²) in [6.07, 6.45) is 3.50. The fraction of sp³-hybridized carbons (Fsp3) is 0. The van der Waals surface area contributed by atoms with Crippen molar-refractivity contribution in [2.24, 2.45) is 0 Å². The standard InChI is InChI=1S/C12H6Cl2N4/c13-11-16-10(17-12(14)18-11)9-3-1-2-7-6-15-5-4-8(7)9/h1-6H. The van der Waals surface area contributed by atoms with Crippen LogP contribution in [0.25, 0.3) is 22.2 Å². The summed E-state index contributed by atoms with van der Waals surface area (Å²) in [5.41, 5.74) is 0.848. The Hall–Kier alpha value is -1.78. The molecule has 3 rings (SSSR count). The van der Waals surface area contributed by atoms with Crippen molar-refractivity contribution in [1.82, 2.24) is 19.9 Å². The zero-order valence-corrected chi connectivity index (χ0v) is 10.5. The molecular formula is C12H6Cl2N4. The molecule has 0 radical (unpaired) electrons. The highest BCUT2D eigenvalue weighted by Gasteiger charge is 2.09. The maximum absolute atomic E-state index is 5.79. The third kappa shape index (κ3) is 2.00. The van der Waals surface area contributed by atoms with Crippen LogP contribution in [0.5, 0.6) is 0 Å². The van der Waals surface area contributed by atoms with Gasteiger partial charge in [-0.25, -0.2) is 0 Å². The van der Waals surface area contributed by atoms with Gasteiger partial charge in [-0.1, -0.05) is 18.2 Å². The quantitative estimate of drug-likeness (QED) is 0.684. The molecule has 0 bridgehead atoms. The van der Waals surface area contributed by atoms with E-state index in [1.54, 1.807) is 12.4 Å². The maximum atomic E-state index is 5.79. The number of benzene rings is 1. The van der Waals surface area contributed by atoms with Gasteiger partial charge in [-0.05, 0) is 34.7 Å². The number of halogens is 2. The minimum Gasteiger partial charge on any atom is -0.264 e. The molecule has 0 amide bonds. The highest BCUT2D eigenvalue weighted by molar-refractivity contribution is 6.31. The van der Waals surface area contributed by atoms with Crippen molar-refractivity contribution in [1.29, 1.82) is 0 Å². The summed E-state index contributed by atoms with van der Waals surface area (Å²) < 4.78 is 0. The highest BCUT2D eigenvalue weighted by atomic mass is 35.5. The molecule has 88 valence electrons. The number of hydrogen-bond donors (Lipinski definition) is 0. The number of rotatable bonds is 1. The second kappa shape index (κ2) is 4.48. The fourth-order valence-corrected chi connectivity index (χ4v) is 2.13. The predicted molar refractivity (Wildman–Crippen MR) is 70.6 cm³/mol. The van der Waals surface area contributed by atoms with Crippen LogP contribution in [0.15, 0.2) is 36.7 Å². The highest BCUT2D eigenvalue weighted by Crippen LogP contribution is 2.26. The van der Waals surface area contributed by atoms with E-state index in [4.69, 9.17) is 23.2 Å². The van der Waals surface area contributed by atoms with Gasteiger partial charge in [-0.3, -0.25) is 4.98 Å². The molecule has 6 heteroatoms. The zero-order chi connectivity index (χ0) is 12.5. The molecule has 3 aromatic rings. The van der Waals surface area contributed by atoms with Crippen LogP contribution in [0.2, 0.25) is 10.6 Å². The summed E-state index contributed by atoms with van der Waals surface area (Å²) in [4.78, 5) is 16.0. The van der Waals surface area contributed by atoms with Gasteiger partial charge in [-0.2, -0.15) is 15.0 Å². The average Bonchev–Trinajstić information content (AvgIpc) is 2.37. The summed E-state index contributed by atoms with van der Waals surface area (Å²) in [5, 5.41) is 2.15. The van der Waals surface area contributed by atoms with Gasteiger partial charge in [0, 0.05) is 23.3 Å². The van der Waals surface area contributed by atoms with E-state index in [2.05, 4.69) is 19.9 Å². The zero-order valence-electron chi connectivity index (χ0n) is 9.01. The molecule has 4 nitrogen and oxygen atoms in total. The summed E-state index contributed by atoms with van der Waals surface area (Å²) >= 11 is 11.6. The number of nitrogens with zero attached hydrogens (tertiary/aromatic N) is 4. The van der Waals surface area contributed by atoms with Gasteiger partial charge in [0.1, 0.15) is 0 Å². The number of fused-ring (bicyclic) bond motifs is 1. The topological polar surface area (TPSA) is 51.6 Å². The third-order valence-electron chi connectivity index (χ3n) is 2.50. The second-order valence-electron chi connectivity index (χ2n) is 3.60. The molecule has 0 atom stereocenters. The largest absolute Gasteiger partial charge is 0.264 e. The van der Waals surface area contributed by atoms with Crippen molar-refractivity contribution < 1.29 is 0 Å². The van der Waals surface area contributed by atoms with Crippen LogP contribution in [-0.2, 0) is 0 Å². The maximum Gasteiger partial charge on any atom is 0.227 e. The van der Waals surface area contributed by atoms with Crippen molar-refractivity contribution in [3.63, 3.8) is 0 Å².